The summed E-state index contributed by atoms with van der Waals surface area (Å²) in [6.07, 6.45) is 0.822. The van der Waals surface area contributed by atoms with E-state index in [1.165, 1.54) is 5.69 Å². The maximum Gasteiger partial charge on any atom is 0.170 e. The van der Waals surface area contributed by atoms with E-state index in [0.29, 0.717) is 0 Å². The zero-order valence-electron chi connectivity index (χ0n) is 13.7. The number of anilines is 1. The number of nitrogens with one attached hydrogen (secondary N) is 1. The number of nitrogens with zero attached hydrogens (tertiary/aromatic N) is 1. The molecule has 3 nitrogen and oxygen atoms in total. The Hall–Kier alpha value is -2.13. The number of benzene rings is 2. The van der Waals surface area contributed by atoms with Gasteiger partial charge in [0.2, 0.25) is 0 Å². The minimum Gasteiger partial charge on any atom is -0.369 e. The number of rotatable bonds is 5. The zero-order chi connectivity index (χ0) is 16.1. The van der Waals surface area contributed by atoms with Crippen LogP contribution in [0.15, 0.2) is 54.6 Å². The van der Waals surface area contributed by atoms with Gasteiger partial charge in [-0.3, -0.25) is 4.79 Å². The summed E-state index contributed by atoms with van der Waals surface area (Å²) in [7, 11) is 0. The van der Waals surface area contributed by atoms with Crippen molar-refractivity contribution >= 4 is 11.5 Å². The third-order valence-corrected chi connectivity index (χ3v) is 4.56. The molecule has 0 spiro atoms. The molecule has 3 heteroatoms. The average molecular weight is 308 g/mol. The van der Waals surface area contributed by atoms with Gasteiger partial charge in [0, 0.05) is 43.3 Å². The average Bonchev–Trinajstić information content (AvgIpc) is 2.64. The fourth-order valence-corrected chi connectivity index (χ4v) is 3.22. The van der Waals surface area contributed by atoms with Gasteiger partial charge in [0.05, 0.1) is 0 Å². The van der Waals surface area contributed by atoms with Crippen molar-refractivity contribution in [1.82, 2.24) is 5.32 Å². The van der Waals surface area contributed by atoms with E-state index < -0.39 is 0 Å². The van der Waals surface area contributed by atoms with E-state index in [1.54, 1.807) is 0 Å². The van der Waals surface area contributed by atoms with Gasteiger partial charge in [-0.05, 0) is 36.2 Å². The Morgan fingerprint density at radius 1 is 1.04 bits per heavy atom. The van der Waals surface area contributed by atoms with Crippen LogP contribution in [0.5, 0.6) is 0 Å². The van der Waals surface area contributed by atoms with E-state index in [2.05, 4.69) is 29.3 Å². The number of hydrogen-bond donors (Lipinski definition) is 1. The molecule has 0 amide bonds. The quantitative estimate of drug-likeness (QED) is 0.858. The molecule has 3 rings (SSSR count). The summed E-state index contributed by atoms with van der Waals surface area (Å²) < 4.78 is 0. The van der Waals surface area contributed by atoms with Crippen molar-refractivity contribution in [3.63, 3.8) is 0 Å². The summed E-state index contributed by atoms with van der Waals surface area (Å²) in [6, 6.07) is 18.2. The molecule has 1 atom stereocenters. The van der Waals surface area contributed by atoms with Crippen LogP contribution in [0.1, 0.15) is 35.2 Å². The summed E-state index contributed by atoms with van der Waals surface area (Å²) in [5.41, 5.74) is 3.11. The van der Waals surface area contributed by atoms with Crippen molar-refractivity contribution in [1.29, 1.82) is 0 Å². The molecular weight excluding hydrogens is 284 g/mol. The van der Waals surface area contributed by atoms with E-state index in [-0.39, 0.29) is 11.7 Å². The third kappa shape index (κ3) is 3.62. The minimum atomic E-state index is -0.0544. The summed E-state index contributed by atoms with van der Waals surface area (Å²) in [5.74, 6) is 0.159. The molecule has 0 aromatic heterocycles. The van der Waals surface area contributed by atoms with Gasteiger partial charge >= 0.3 is 0 Å². The topological polar surface area (TPSA) is 32.3 Å². The highest BCUT2D eigenvalue weighted by molar-refractivity contribution is 6.01. The second kappa shape index (κ2) is 7.42. The first kappa shape index (κ1) is 15.8. The first-order chi connectivity index (χ1) is 11.3. The van der Waals surface area contributed by atoms with Crippen molar-refractivity contribution in [3.05, 3.63) is 65.7 Å². The van der Waals surface area contributed by atoms with Gasteiger partial charge in [0.25, 0.3) is 0 Å². The Bertz CT molecular complexity index is 630. The summed E-state index contributed by atoms with van der Waals surface area (Å²) >= 11 is 0. The van der Waals surface area contributed by atoms with E-state index in [4.69, 9.17) is 0 Å². The van der Waals surface area contributed by atoms with Crippen LogP contribution in [0.25, 0.3) is 0 Å². The molecule has 2 aromatic carbocycles. The fraction of sp³-hybridized carbons (Fsp3) is 0.350. The van der Waals surface area contributed by atoms with Crippen molar-refractivity contribution in [2.75, 3.05) is 31.1 Å². The molecule has 120 valence electrons. The Labute approximate surface area is 138 Å². The Kier molecular flexibility index (Phi) is 5.09. The van der Waals surface area contributed by atoms with Crippen molar-refractivity contribution < 1.29 is 4.79 Å². The molecule has 2 aromatic rings. The van der Waals surface area contributed by atoms with Crippen LogP contribution in [0, 0.1) is 0 Å². The second-order valence-electron chi connectivity index (χ2n) is 6.02. The van der Waals surface area contributed by atoms with Gasteiger partial charge in [0.15, 0.2) is 5.78 Å². The van der Waals surface area contributed by atoms with Crippen LogP contribution in [0.2, 0.25) is 0 Å². The molecule has 1 heterocycles. The Morgan fingerprint density at radius 2 is 1.70 bits per heavy atom. The first-order valence-electron chi connectivity index (χ1n) is 8.44. The van der Waals surface area contributed by atoms with E-state index in [0.717, 1.165) is 43.7 Å². The molecule has 1 N–H and O–H groups in total. The normalized spacial score (nSPS) is 16.1. The maximum atomic E-state index is 12.8. The van der Waals surface area contributed by atoms with Gasteiger partial charge < -0.3 is 10.2 Å². The second-order valence-corrected chi connectivity index (χ2v) is 6.02. The van der Waals surface area contributed by atoms with Crippen LogP contribution in [0.4, 0.5) is 5.69 Å². The number of carbonyl (C=O) groups excluding carboxylic acids is 1. The molecule has 23 heavy (non-hydrogen) atoms. The number of piperazine rings is 1. The summed E-state index contributed by atoms with van der Waals surface area (Å²) in [4.78, 5) is 15.2. The van der Waals surface area contributed by atoms with Crippen LogP contribution in [-0.4, -0.2) is 32.0 Å². The van der Waals surface area contributed by atoms with Gasteiger partial charge in [-0.25, -0.2) is 0 Å². The maximum absolute atomic E-state index is 12.8. The Balaban J connectivity index is 1.76. The van der Waals surface area contributed by atoms with Gasteiger partial charge in [0.1, 0.15) is 0 Å². The highest BCUT2D eigenvalue weighted by Gasteiger charge is 2.20. The van der Waals surface area contributed by atoms with Crippen LogP contribution < -0.4 is 10.2 Å². The van der Waals surface area contributed by atoms with Gasteiger partial charge in [-0.1, -0.05) is 37.3 Å². The number of Topliss-reactive ketones (excluding diaryl/α,β-unsaturated/α-hetero) is 1. The molecular formula is C20H24N2O. The van der Waals surface area contributed by atoms with Gasteiger partial charge in [-0.15, -0.1) is 0 Å². The number of hydrogen-bond acceptors (Lipinski definition) is 3. The molecule has 0 saturated carbocycles. The lowest BCUT2D eigenvalue weighted by molar-refractivity contribution is 0.0957. The van der Waals surface area contributed by atoms with Gasteiger partial charge in [-0.2, -0.15) is 0 Å². The van der Waals surface area contributed by atoms with E-state index in [9.17, 15) is 4.79 Å². The van der Waals surface area contributed by atoms with Crippen molar-refractivity contribution in [2.24, 2.45) is 0 Å². The third-order valence-electron chi connectivity index (χ3n) is 4.56. The minimum absolute atomic E-state index is 0.0544. The van der Waals surface area contributed by atoms with E-state index >= 15 is 0 Å². The van der Waals surface area contributed by atoms with Crippen LogP contribution in [0.3, 0.4) is 0 Å². The highest BCUT2D eigenvalue weighted by atomic mass is 16.1. The van der Waals surface area contributed by atoms with Crippen molar-refractivity contribution in [2.45, 2.75) is 19.3 Å². The lowest BCUT2D eigenvalue weighted by Gasteiger charge is -2.29. The molecule has 0 radical (unpaired) electrons. The lowest BCUT2D eigenvalue weighted by Crippen LogP contribution is -2.43. The molecule has 1 aliphatic rings. The SMILES string of the molecule is CCC(C(=O)c1ccc(N2CCNCC2)cc1)c1ccccc1. The van der Waals surface area contributed by atoms with Crippen LogP contribution in [-0.2, 0) is 0 Å². The number of ketones is 1. The summed E-state index contributed by atoms with van der Waals surface area (Å²) in [6.45, 7) is 6.16. The van der Waals surface area contributed by atoms with Crippen molar-refractivity contribution in [3.8, 4) is 0 Å². The lowest BCUT2D eigenvalue weighted by atomic mass is 9.88. The summed E-state index contributed by atoms with van der Waals surface area (Å²) in [5, 5.41) is 3.36. The smallest absolute Gasteiger partial charge is 0.170 e. The van der Waals surface area contributed by atoms with E-state index in [1.807, 2.05) is 42.5 Å². The molecule has 1 unspecified atom stereocenters. The first-order valence-corrected chi connectivity index (χ1v) is 8.44. The highest BCUT2D eigenvalue weighted by Crippen LogP contribution is 2.25. The monoisotopic (exact) mass is 308 g/mol. The molecule has 1 aliphatic heterocycles. The fourth-order valence-electron chi connectivity index (χ4n) is 3.22. The number of carbonyl (C=O) groups is 1. The molecule has 1 saturated heterocycles. The molecule has 0 aliphatic carbocycles. The molecule has 0 bridgehead atoms. The zero-order valence-corrected chi connectivity index (χ0v) is 13.7. The largest absolute Gasteiger partial charge is 0.369 e. The van der Waals surface area contributed by atoms with Crippen LogP contribution >= 0.6 is 0 Å². The predicted octanol–water partition coefficient (Wildman–Crippen LogP) is 3.47. The standard InChI is InChI=1S/C20H24N2O/c1-2-19(16-6-4-3-5-7-16)20(23)17-8-10-18(11-9-17)22-14-12-21-13-15-22/h3-11,19,21H,2,12-15H2,1H3. The Morgan fingerprint density at radius 3 is 2.30 bits per heavy atom. The predicted molar refractivity (Wildman–Crippen MR) is 95.3 cm³/mol. The molecule has 1 fully saturated rings.